The molecule has 1 saturated carbocycles. The van der Waals surface area contributed by atoms with E-state index >= 15 is 4.39 Å². The molecule has 1 aromatic heterocycles. The number of aromatic carboxylic acids is 1. The zero-order valence-corrected chi connectivity index (χ0v) is 19.6. The molecule has 2 aliphatic heterocycles. The summed E-state index contributed by atoms with van der Waals surface area (Å²) in [6.45, 7) is 6.41. The summed E-state index contributed by atoms with van der Waals surface area (Å²) in [6.07, 6.45) is 2.36. The molecule has 10 heteroatoms. The molecule has 1 amide bonds. The quantitative estimate of drug-likeness (QED) is 0.662. The van der Waals surface area contributed by atoms with Crippen molar-refractivity contribution < 1.29 is 23.8 Å². The van der Waals surface area contributed by atoms with Crippen LogP contribution in [0.15, 0.2) is 10.5 Å². The van der Waals surface area contributed by atoms with E-state index in [1.807, 2.05) is 31.7 Å². The minimum Gasteiger partial charge on any atom is -0.475 e. The maximum Gasteiger partial charge on any atom is 0.410 e. The zero-order valence-electron chi connectivity index (χ0n) is 18.1. The molecule has 2 aromatic rings. The number of rotatable bonds is 3. The van der Waals surface area contributed by atoms with Gasteiger partial charge in [-0.1, -0.05) is 0 Å². The molecule has 1 aliphatic carbocycles. The summed E-state index contributed by atoms with van der Waals surface area (Å²) in [5, 5.41) is 10.0. The number of hydrogen-bond acceptors (Lipinski definition) is 6. The number of ether oxygens (including phenoxy) is 1. The third-order valence-electron chi connectivity index (χ3n) is 6.23. The second-order valence-corrected chi connectivity index (χ2v) is 10.6. The number of carbonyl (C=O) groups is 2. The van der Waals surface area contributed by atoms with Crippen LogP contribution in [0.1, 0.15) is 62.1 Å². The van der Waals surface area contributed by atoms with Crippen molar-refractivity contribution in [2.45, 2.75) is 63.6 Å². The van der Waals surface area contributed by atoms with Crippen molar-refractivity contribution in [1.82, 2.24) is 14.9 Å². The number of hydrogen-bond donors (Lipinski definition) is 1. The highest BCUT2D eigenvalue weighted by Crippen LogP contribution is 2.47. The Hall–Kier alpha value is -2.49. The van der Waals surface area contributed by atoms with Gasteiger partial charge in [0.25, 0.3) is 0 Å². The molecule has 0 unspecified atom stereocenters. The smallest absolute Gasteiger partial charge is 0.410 e. The van der Waals surface area contributed by atoms with E-state index in [4.69, 9.17) is 4.74 Å². The maximum atomic E-state index is 15.3. The Bertz CT molecular complexity index is 1150. The van der Waals surface area contributed by atoms with E-state index in [2.05, 4.69) is 25.9 Å². The molecule has 32 heavy (non-hydrogen) atoms. The van der Waals surface area contributed by atoms with Gasteiger partial charge in [-0.15, -0.1) is 0 Å². The predicted molar refractivity (Wildman–Crippen MR) is 119 cm³/mol. The highest BCUT2D eigenvalue weighted by molar-refractivity contribution is 9.10. The van der Waals surface area contributed by atoms with E-state index in [1.165, 1.54) is 0 Å². The van der Waals surface area contributed by atoms with Crippen LogP contribution >= 0.6 is 15.9 Å². The Kier molecular flexibility index (Phi) is 4.85. The summed E-state index contributed by atoms with van der Waals surface area (Å²) in [7, 11) is 0. The average Bonchev–Trinajstić information content (AvgIpc) is 3.35. The van der Waals surface area contributed by atoms with Gasteiger partial charge in [0.05, 0.1) is 16.6 Å². The zero-order chi connectivity index (χ0) is 22.9. The van der Waals surface area contributed by atoms with Gasteiger partial charge in [-0.25, -0.2) is 23.9 Å². The number of anilines is 1. The van der Waals surface area contributed by atoms with E-state index < -0.39 is 23.2 Å². The Balaban J connectivity index is 1.54. The average molecular weight is 507 g/mol. The monoisotopic (exact) mass is 506 g/mol. The molecule has 3 aliphatic rings. The van der Waals surface area contributed by atoms with Crippen LogP contribution in [-0.4, -0.2) is 62.8 Å². The van der Waals surface area contributed by atoms with Crippen molar-refractivity contribution in [2.24, 2.45) is 0 Å². The van der Waals surface area contributed by atoms with Crippen LogP contribution in [0.25, 0.3) is 10.9 Å². The second-order valence-electron chi connectivity index (χ2n) is 9.77. The molecule has 5 rings (SSSR count). The standard InChI is InChI=1S/C22H24BrFN4O4/c1-22(2,3)32-21(31)28-9-11-6-12(28)8-27(11)19-14-7-13(10-4-5-10)15(23)16(24)17(14)25-18(26-19)20(29)30/h7,10-12H,4-6,8-9H2,1-3H3,(H,29,30)/t11-,12-/m0/s1. The number of benzene rings is 1. The lowest BCUT2D eigenvalue weighted by molar-refractivity contribution is 0.0214. The minimum absolute atomic E-state index is 0.00422. The molecule has 2 bridgehead atoms. The lowest BCUT2D eigenvalue weighted by atomic mass is 10.1. The van der Waals surface area contributed by atoms with Gasteiger partial charge in [0.15, 0.2) is 5.82 Å². The number of piperazine rings is 1. The highest BCUT2D eigenvalue weighted by Gasteiger charge is 2.47. The van der Waals surface area contributed by atoms with E-state index in [0.29, 0.717) is 28.8 Å². The first kappa shape index (κ1) is 21.4. The molecule has 2 atom stereocenters. The number of amides is 1. The van der Waals surface area contributed by atoms with Gasteiger partial charge in [-0.2, -0.15) is 0 Å². The molecular formula is C22H24BrFN4O4. The largest absolute Gasteiger partial charge is 0.475 e. The number of carbonyl (C=O) groups excluding carboxylic acids is 1. The van der Waals surface area contributed by atoms with Crippen molar-refractivity contribution in [3.05, 3.63) is 27.7 Å². The van der Waals surface area contributed by atoms with Gasteiger partial charge in [-0.05, 0) is 73.5 Å². The fraction of sp³-hybridized carbons (Fsp3) is 0.545. The number of carboxylic acid groups (broad SMARTS) is 1. The van der Waals surface area contributed by atoms with Crippen molar-refractivity contribution in [3.63, 3.8) is 0 Å². The van der Waals surface area contributed by atoms with E-state index in [0.717, 1.165) is 24.8 Å². The van der Waals surface area contributed by atoms with Crippen LogP contribution < -0.4 is 4.90 Å². The fourth-order valence-electron chi connectivity index (χ4n) is 4.68. The maximum absolute atomic E-state index is 15.3. The van der Waals surface area contributed by atoms with E-state index in [1.54, 1.807) is 4.90 Å². The number of aromatic nitrogens is 2. The lowest BCUT2D eigenvalue weighted by Crippen LogP contribution is -2.50. The summed E-state index contributed by atoms with van der Waals surface area (Å²) in [5.41, 5.74) is 0.278. The molecule has 2 saturated heterocycles. The predicted octanol–water partition coefficient (Wildman–Crippen LogP) is 4.31. The van der Waals surface area contributed by atoms with E-state index in [9.17, 15) is 14.7 Å². The second kappa shape index (κ2) is 7.26. The lowest BCUT2D eigenvalue weighted by Gasteiger charge is -2.36. The third-order valence-corrected chi connectivity index (χ3v) is 7.03. The van der Waals surface area contributed by atoms with Gasteiger partial charge in [-0.3, -0.25) is 0 Å². The Morgan fingerprint density at radius 3 is 2.50 bits per heavy atom. The summed E-state index contributed by atoms with van der Waals surface area (Å²) >= 11 is 3.34. The number of halogens is 2. The van der Waals surface area contributed by atoms with Crippen LogP contribution in [0, 0.1) is 5.82 Å². The molecule has 0 spiro atoms. The Morgan fingerprint density at radius 1 is 1.22 bits per heavy atom. The van der Waals surface area contributed by atoms with Crippen LogP contribution in [-0.2, 0) is 4.74 Å². The summed E-state index contributed by atoms with van der Waals surface area (Å²) in [4.78, 5) is 36.3. The molecule has 0 radical (unpaired) electrons. The van der Waals surface area contributed by atoms with Gasteiger partial charge in [0, 0.05) is 18.5 Å². The van der Waals surface area contributed by atoms with Crippen LogP contribution in [0.5, 0.6) is 0 Å². The van der Waals surface area contributed by atoms with Crippen molar-refractivity contribution in [3.8, 4) is 0 Å². The number of likely N-dealkylation sites (tertiary alicyclic amines) is 1. The highest BCUT2D eigenvalue weighted by atomic mass is 79.9. The molecule has 3 fully saturated rings. The first-order valence-corrected chi connectivity index (χ1v) is 11.5. The molecular weight excluding hydrogens is 483 g/mol. The van der Waals surface area contributed by atoms with Gasteiger partial charge < -0.3 is 19.6 Å². The van der Waals surface area contributed by atoms with Gasteiger partial charge in [0.1, 0.15) is 16.9 Å². The number of fused-ring (bicyclic) bond motifs is 3. The summed E-state index contributed by atoms with van der Waals surface area (Å²) in [5.74, 6) is -1.61. The van der Waals surface area contributed by atoms with Gasteiger partial charge >= 0.3 is 12.1 Å². The third kappa shape index (κ3) is 3.58. The van der Waals surface area contributed by atoms with Crippen LogP contribution in [0.4, 0.5) is 15.0 Å². The summed E-state index contributed by atoms with van der Waals surface area (Å²) < 4.78 is 21.1. The number of nitrogens with zero attached hydrogens (tertiary/aromatic N) is 4. The Labute approximate surface area is 192 Å². The number of carboxylic acids is 1. The van der Waals surface area contributed by atoms with E-state index in [-0.39, 0.29) is 29.6 Å². The topological polar surface area (TPSA) is 95.9 Å². The molecule has 3 heterocycles. The first-order chi connectivity index (χ1) is 15.0. The normalized spacial score (nSPS) is 22.7. The summed E-state index contributed by atoms with van der Waals surface area (Å²) in [6, 6.07) is 1.76. The minimum atomic E-state index is -1.31. The van der Waals surface area contributed by atoms with Crippen molar-refractivity contribution >= 4 is 44.7 Å². The molecule has 1 N–H and O–H groups in total. The first-order valence-electron chi connectivity index (χ1n) is 10.7. The Morgan fingerprint density at radius 2 is 1.94 bits per heavy atom. The molecule has 8 nitrogen and oxygen atoms in total. The van der Waals surface area contributed by atoms with Crippen molar-refractivity contribution in [2.75, 3.05) is 18.0 Å². The van der Waals surface area contributed by atoms with Crippen LogP contribution in [0.3, 0.4) is 0 Å². The van der Waals surface area contributed by atoms with Crippen molar-refractivity contribution in [1.29, 1.82) is 0 Å². The van der Waals surface area contributed by atoms with Crippen LogP contribution in [0.2, 0.25) is 0 Å². The molecule has 1 aromatic carbocycles. The van der Waals surface area contributed by atoms with Gasteiger partial charge in [0.2, 0.25) is 5.82 Å². The SMILES string of the molecule is CC(C)(C)OC(=O)N1C[C@@H]2C[C@H]1CN2c1nc(C(=O)O)nc2c(F)c(Br)c(C3CC3)cc12. The molecule has 170 valence electrons. The fourth-order valence-corrected chi connectivity index (χ4v) is 5.31.